The predicted octanol–water partition coefficient (Wildman–Crippen LogP) is 7.01. The van der Waals surface area contributed by atoms with Gasteiger partial charge in [0, 0.05) is 34.2 Å². The minimum Gasteiger partial charge on any atom is -0.497 e. The van der Waals surface area contributed by atoms with E-state index in [-0.39, 0.29) is 5.91 Å². The fraction of sp³-hybridized carbons (Fsp3) is 0.167. The smallest absolute Gasteiger partial charge is 0.226 e. The van der Waals surface area contributed by atoms with Crippen molar-refractivity contribution >= 4 is 34.1 Å². The molecule has 0 spiro atoms. The van der Waals surface area contributed by atoms with Crippen LogP contribution in [0.25, 0.3) is 33.8 Å². The Morgan fingerprint density at radius 2 is 1.55 bits per heavy atom. The van der Waals surface area contributed by atoms with Crippen molar-refractivity contribution in [2.45, 2.75) is 11.6 Å². The third-order valence-electron chi connectivity index (χ3n) is 6.13. The van der Waals surface area contributed by atoms with Crippen molar-refractivity contribution in [2.75, 3.05) is 32.4 Å². The van der Waals surface area contributed by atoms with Crippen LogP contribution in [-0.4, -0.2) is 47.9 Å². The minimum atomic E-state index is -0.106. The first-order valence-corrected chi connectivity index (χ1v) is 14.3. The molecule has 0 saturated heterocycles. The number of thioether (sulfide) groups is 1. The van der Waals surface area contributed by atoms with Crippen molar-refractivity contribution in [2.24, 2.45) is 0 Å². The number of hydrogen-bond donors (Lipinski definition) is 2. The lowest BCUT2D eigenvalue weighted by molar-refractivity contribution is -0.115. The molecule has 0 aliphatic heterocycles. The Kier molecular flexibility index (Phi) is 8.68. The molecule has 0 saturated carbocycles. The molecule has 5 rings (SSSR count). The molecule has 2 aromatic heterocycles. The number of carbonyl (C=O) groups excluding carboxylic acids is 1. The summed E-state index contributed by atoms with van der Waals surface area (Å²) in [6.45, 7) is 0. The summed E-state index contributed by atoms with van der Waals surface area (Å²) < 4.78 is 16.0. The zero-order valence-electron chi connectivity index (χ0n) is 22.3. The van der Waals surface area contributed by atoms with Crippen molar-refractivity contribution in [1.29, 1.82) is 0 Å². The normalized spacial score (nSPS) is 10.8. The van der Waals surface area contributed by atoms with Crippen LogP contribution < -0.4 is 19.5 Å². The number of rotatable bonds is 11. The summed E-state index contributed by atoms with van der Waals surface area (Å²) in [5, 5.41) is 6.10. The molecular weight excluding hydrogens is 544 g/mol. The Morgan fingerprint density at radius 3 is 2.23 bits per heavy atom. The van der Waals surface area contributed by atoms with Crippen molar-refractivity contribution in [3.8, 4) is 51.0 Å². The fourth-order valence-electron chi connectivity index (χ4n) is 4.08. The third kappa shape index (κ3) is 6.30. The van der Waals surface area contributed by atoms with Gasteiger partial charge in [-0.05, 0) is 60.7 Å². The average Bonchev–Trinajstić information content (AvgIpc) is 3.64. The van der Waals surface area contributed by atoms with Gasteiger partial charge in [0.2, 0.25) is 5.91 Å². The van der Waals surface area contributed by atoms with E-state index < -0.39 is 0 Å². The van der Waals surface area contributed by atoms with Gasteiger partial charge in [-0.3, -0.25) is 4.79 Å². The molecule has 1 amide bonds. The molecule has 2 heterocycles. The summed E-state index contributed by atoms with van der Waals surface area (Å²) >= 11 is 2.88. The lowest BCUT2D eigenvalue weighted by Crippen LogP contribution is -2.12. The maximum Gasteiger partial charge on any atom is 0.226 e. The second-order valence-electron chi connectivity index (χ2n) is 8.61. The molecule has 3 aromatic carbocycles. The summed E-state index contributed by atoms with van der Waals surface area (Å²) in [6.07, 6.45) is 0.310. The standard InChI is InChI=1S/C30H28N4O4S2/c1-36-21-12-8-19(9-13-21)27-28(20-10-14-22(37-2)15-11-20)34-30(33-27)39-17-16-26(35)32-29-31-24(18-40-29)23-6-4-5-7-25(23)38-3/h4-15,18H,16-17H2,1-3H3,(H,33,34)(H,31,32,35). The number of para-hydroxylation sites is 1. The van der Waals surface area contributed by atoms with Crippen LogP contribution in [0.4, 0.5) is 5.13 Å². The number of hydrogen-bond acceptors (Lipinski definition) is 8. The highest BCUT2D eigenvalue weighted by atomic mass is 32.2. The number of aromatic amines is 1. The summed E-state index contributed by atoms with van der Waals surface area (Å²) in [5.41, 5.74) is 5.31. The van der Waals surface area contributed by atoms with Gasteiger partial charge in [-0.2, -0.15) is 0 Å². The highest BCUT2D eigenvalue weighted by Crippen LogP contribution is 2.35. The van der Waals surface area contributed by atoms with Crippen LogP contribution >= 0.6 is 23.1 Å². The molecule has 0 aliphatic rings. The van der Waals surface area contributed by atoms with Crippen LogP contribution in [0.5, 0.6) is 17.2 Å². The highest BCUT2D eigenvalue weighted by molar-refractivity contribution is 7.99. The maximum atomic E-state index is 12.7. The number of H-pyrrole nitrogens is 1. The minimum absolute atomic E-state index is 0.106. The first-order valence-electron chi connectivity index (χ1n) is 12.5. The van der Waals surface area contributed by atoms with Crippen LogP contribution in [0.2, 0.25) is 0 Å². The van der Waals surface area contributed by atoms with Crippen molar-refractivity contribution in [3.63, 3.8) is 0 Å². The quantitative estimate of drug-likeness (QED) is 0.164. The average molecular weight is 573 g/mol. The molecule has 0 aliphatic carbocycles. The third-order valence-corrected chi connectivity index (χ3v) is 7.76. The number of ether oxygens (including phenoxy) is 3. The maximum absolute atomic E-state index is 12.7. The molecule has 0 unspecified atom stereocenters. The van der Waals surface area contributed by atoms with E-state index in [4.69, 9.17) is 19.2 Å². The summed E-state index contributed by atoms with van der Waals surface area (Å²) in [7, 11) is 4.92. The van der Waals surface area contributed by atoms with E-state index in [1.165, 1.54) is 23.1 Å². The number of nitrogens with zero attached hydrogens (tertiary/aromatic N) is 2. The number of benzene rings is 3. The lowest BCUT2D eigenvalue weighted by Gasteiger charge is -2.06. The Balaban J connectivity index is 1.26. The largest absolute Gasteiger partial charge is 0.497 e. The molecular formula is C30H28N4O4S2. The molecule has 8 nitrogen and oxygen atoms in total. The van der Waals surface area contributed by atoms with Gasteiger partial charge in [-0.1, -0.05) is 23.9 Å². The van der Waals surface area contributed by atoms with Gasteiger partial charge in [0.25, 0.3) is 0 Å². The van der Waals surface area contributed by atoms with Crippen LogP contribution in [0.3, 0.4) is 0 Å². The van der Waals surface area contributed by atoms with Gasteiger partial charge in [-0.15, -0.1) is 11.3 Å². The first kappa shape index (κ1) is 27.3. The van der Waals surface area contributed by atoms with E-state index in [1.54, 1.807) is 21.3 Å². The van der Waals surface area contributed by atoms with E-state index >= 15 is 0 Å². The zero-order chi connectivity index (χ0) is 27.9. The monoisotopic (exact) mass is 572 g/mol. The number of nitrogens with one attached hydrogen (secondary N) is 2. The van der Waals surface area contributed by atoms with Crippen molar-refractivity contribution in [1.82, 2.24) is 15.0 Å². The molecule has 2 N–H and O–H groups in total. The molecule has 40 heavy (non-hydrogen) atoms. The molecule has 0 fully saturated rings. The SMILES string of the molecule is COc1ccc(-c2nc(SCCC(=O)Nc3nc(-c4ccccc4OC)cs3)[nH]c2-c2ccc(OC)cc2)cc1. The molecule has 204 valence electrons. The van der Waals surface area contributed by atoms with Gasteiger partial charge < -0.3 is 24.5 Å². The van der Waals surface area contributed by atoms with Gasteiger partial charge in [0.1, 0.15) is 17.2 Å². The Hall–Kier alpha value is -4.28. The van der Waals surface area contributed by atoms with Crippen LogP contribution in [0.1, 0.15) is 6.42 Å². The number of carbonyl (C=O) groups is 1. The molecule has 0 atom stereocenters. The highest BCUT2D eigenvalue weighted by Gasteiger charge is 2.16. The summed E-state index contributed by atoms with van der Waals surface area (Å²) in [6, 6.07) is 23.3. The Morgan fingerprint density at radius 1 is 0.875 bits per heavy atom. The van der Waals surface area contributed by atoms with Crippen LogP contribution in [-0.2, 0) is 4.79 Å². The van der Waals surface area contributed by atoms with Crippen molar-refractivity contribution in [3.05, 3.63) is 78.2 Å². The van der Waals surface area contributed by atoms with E-state index in [0.717, 1.165) is 56.2 Å². The summed E-state index contributed by atoms with van der Waals surface area (Å²) in [4.78, 5) is 25.6. The van der Waals surface area contributed by atoms with E-state index in [2.05, 4.69) is 15.3 Å². The number of thiazole rings is 1. The Labute approximate surface area is 240 Å². The molecule has 5 aromatic rings. The van der Waals surface area contributed by atoms with Gasteiger partial charge >= 0.3 is 0 Å². The number of anilines is 1. The molecule has 0 radical (unpaired) electrons. The topological polar surface area (TPSA) is 98.4 Å². The number of aromatic nitrogens is 3. The molecule has 0 bridgehead atoms. The predicted molar refractivity (Wildman–Crippen MR) is 161 cm³/mol. The zero-order valence-corrected chi connectivity index (χ0v) is 23.9. The van der Waals surface area contributed by atoms with E-state index in [9.17, 15) is 4.79 Å². The van der Waals surface area contributed by atoms with Crippen LogP contribution in [0, 0.1) is 0 Å². The van der Waals surface area contributed by atoms with Crippen LogP contribution in [0.15, 0.2) is 83.3 Å². The second kappa shape index (κ2) is 12.7. The number of amides is 1. The number of imidazole rings is 1. The summed E-state index contributed by atoms with van der Waals surface area (Å²) in [5.74, 6) is 2.74. The molecule has 10 heteroatoms. The fourth-order valence-corrected chi connectivity index (χ4v) is 5.62. The van der Waals surface area contributed by atoms with Gasteiger partial charge in [0.05, 0.1) is 38.4 Å². The number of methoxy groups -OCH3 is 3. The van der Waals surface area contributed by atoms with E-state index in [0.29, 0.717) is 17.3 Å². The van der Waals surface area contributed by atoms with Gasteiger partial charge in [0.15, 0.2) is 10.3 Å². The van der Waals surface area contributed by atoms with E-state index in [1.807, 2.05) is 78.2 Å². The van der Waals surface area contributed by atoms with Gasteiger partial charge in [-0.25, -0.2) is 9.97 Å². The first-order chi connectivity index (χ1) is 19.6. The Bertz CT molecular complexity index is 1520. The lowest BCUT2D eigenvalue weighted by atomic mass is 10.0. The second-order valence-corrected chi connectivity index (χ2v) is 10.5. The van der Waals surface area contributed by atoms with Crippen molar-refractivity contribution < 1.29 is 19.0 Å².